The lowest BCUT2D eigenvalue weighted by Gasteiger charge is -1.91. The molecular weight excluding hydrogens is 1180 g/mol. The average molecular weight is 1290 g/mol. The second kappa shape index (κ2) is 69.8. The van der Waals surface area contributed by atoms with Crippen molar-refractivity contribution in [2.75, 3.05) is 0 Å². The van der Waals surface area contributed by atoms with Crippen LogP contribution in [0.3, 0.4) is 0 Å². The molecule has 0 saturated carbocycles. The molecule has 0 saturated heterocycles. The number of hydrogen-bond acceptors (Lipinski definition) is 13. The van der Waals surface area contributed by atoms with Crippen LogP contribution in [0.1, 0.15) is 125 Å². The van der Waals surface area contributed by atoms with Crippen LogP contribution in [0, 0.1) is 0 Å². The van der Waals surface area contributed by atoms with Crippen LogP contribution in [0.5, 0.6) is 0 Å². The van der Waals surface area contributed by atoms with Gasteiger partial charge in [-0.25, -0.2) is 34.9 Å². The van der Waals surface area contributed by atoms with Gasteiger partial charge in [-0.1, -0.05) is 270 Å². The highest BCUT2D eigenvalue weighted by Gasteiger charge is 1.91. The maximum absolute atomic E-state index is 4.18. The predicted molar refractivity (Wildman–Crippen MR) is 416 cm³/mol. The molecule has 0 bridgehead atoms. The third-order valence-electron chi connectivity index (χ3n) is 10.5. The number of pyridine rings is 6. The molecule has 0 N–H and O–H groups in total. The van der Waals surface area contributed by atoms with E-state index in [1.807, 2.05) is 308 Å². The minimum absolute atomic E-state index is 1.06. The molecule has 0 amide bonds. The van der Waals surface area contributed by atoms with Crippen LogP contribution in [0.15, 0.2) is 325 Å². The number of aromatic nitrogens is 13. The van der Waals surface area contributed by atoms with Gasteiger partial charge in [0.25, 0.3) is 0 Å². The first-order valence-corrected chi connectivity index (χ1v) is 33.5. The lowest BCUT2D eigenvalue weighted by Crippen LogP contribution is -1.73. The molecule has 13 nitrogen and oxygen atoms in total. The van der Waals surface area contributed by atoms with Crippen LogP contribution in [0.2, 0.25) is 0 Å². The zero-order valence-corrected chi connectivity index (χ0v) is 60.4. The smallest absolute Gasteiger partial charge is 0.119 e. The summed E-state index contributed by atoms with van der Waals surface area (Å²) in [6, 6.07) is 70.4. The molecule has 0 spiro atoms. The van der Waals surface area contributed by atoms with Gasteiger partial charge in [-0.15, -0.1) is 0 Å². The number of rotatable bonds is 0. The molecule has 0 aliphatic carbocycles. The van der Waals surface area contributed by atoms with E-state index < -0.39 is 0 Å². The van der Waals surface area contributed by atoms with Crippen LogP contribution in [-0.2, 0) is 0 Å². The van der Waals surface area contributed by atoms with Gasteiger partial charge >= 0.3 is 0 Å². The third-order valence-corrected chi connectivity index (χ3v) is 10.5. The quantitative estimate of drug-likeness (QED) is 0.141. The fourth-order valence-corrected chi connectivity index (χ4v) is 6.84. The van der Waals surface area contributed by atoms with E-state index in [0.717, 1.165) is 16.6 Å². The van der Waals surface area contributed by atoms with Crippen molar-refractivity contribution >= 4 is 65.0 Å². The number of fused-ring (bicyclic) bond motifs is 6. The van der Waals surface area contributed by atoms with Crippen LogP contribution >= 0.6 is 0 Å². The van der Waals surface area contributed by atoms with Crippen LogP contribution in [0.4, 0.5) is 0 Å². The zero-order chi connectivity index (χ0) is 71.6. The van der Waals surface area contributed by atoms with E-state index in [2.05, 4.69) is 138 Å². The highest BCUT2D eigenvalue weighted by atomic mass is 14.9. The van der Waals surface area contributed by atoms with Crippen LogP contribution in [-0.4, -0.2) is 64.8 Å². The fraction of sp³-hybridized carbons (Fsp3) is 0.217. The third kappa shape index (κ3) is 42.2. The van der Waals surface area contributed by atoms with Gasteiger partial charge in [0, 0.05) is 96.7 Å². The van der Waals surface area contributed by atoms with Crippen molar-refractivity contribution in [1.29, 1.82) is 0 Å². The Balaban J connectivity index is -0.000000989. The lowest BCUT2D eigenvalue weighted by molar-refractivity contribution is 1.05. The van der Waals surface area contributed by atoms with E-state index in [9.17, 15) is 0 Å². The number of hydrogen-bond donors (Lipinski definition) is 0. The standard InChI is InChI=1S/6C9H7N.2C4H4N2.C3H3N3.9C2H6/c3*1-2-6-9-8(4-1)5-3-7-10-9;3*1-2-4-9-7-10-6-5-8(9)3-1;2*1-2-5-4-6-3-1;1-4-2-6-3-5-1;9*1-2/h6*1-7H;2*1-4H;1-3H;9*1-2H3. The summed E-state index contributed by atoms with van der Waals surface area (Å²) in [5.74, 6) is 0. The SMILES string of the molecule is CC.CC.CC.CC.CC.CC.CC.CC.CC.c1ccc2cnccc2c1.c1ccc2cnccc2c1.c1ccc2cnccc2c1.c1ccc2ncccc2c1.c1ccc2ncccc2c1.c1ccc2ncccc2c1.c1cncnc1.c1cncnc1.c1ncncn1. The molecule has 504 valence electrons. The maximum atomic E-state index is 4.18. The highest BCUT2D eigenvalue weighted by Crippen LogP contribution is 2.13. The van der Waals surface area contributed by atoms with Crippen molar-refractivity contribution in [1.82, 2.24) is 64.8 Å². The van der Waals surface area contributed by atoms with Gasteiger partial charge < -0.3 is 0 Å². The molecule has 0 aliphatic rings. The Morgan fingerprint density at radius 3 is 0.531 bits per heavy atom. The fourth-order valence-electron chi connectivity index (χ4n) is 6.84. The molecule has 15 rings (SSSR count). The van der Waals surface area contributed by atoms with Crippen molar-refractivity contribution in [3.63, 3.8) is 0 Å². The number of benzene rings is 6. The average Bonchev–Trinajstić information content (AvgIpc) is 2.03. The van der Waals surface area contributed by atoms with Gasteiger partial charge in [0.05, 0.1) is 16.6 Å². The summed E-state index contributed by atoms with van der Waals surface area (Å²) in [4.78, 5) is 50.0. The van der Waals surface area contributed by atoms with Crippen molar-refractivity contribution in [3.05, 3.63) is 325 Å². The second-order valence-corrected chi connectivity index (χ2v) is 15.9. The summed E-state index contributed by atoms with van der Waals surface area (Å²) in [7, 11) is 0. The number of para-hydroxylation sites is 3. The Morgan fingerprint density at radius 2 is 0.344 bits per heavy atom. The van der Waals surface area contributed by atoms with Crippen molar-refractivity contribution < 1.29 is 0 Å². The topological polar surface area (TPSA) is 168 Å². The Hall–Kier alpha value is -11.1. The molecule has 0 radical (unpaired) electrons. The van der Waals surface area contributed by atoms with Crippen LogP contribution < -0.4 is 0 Å². The van der Waals surface area contributed by atoms with Gasteiger partial charge in [-0.05, 0) is 99.0 Å². The van der Waals surface area contributed by atoms with Crippen molar-refractivity contribution in [3.8, 4) is 0 Å². The summed E-state index contributed by atoms with van der Waals surface area (Å²) < 4.78 is 0. The van der Waals surface area contributed by atoms with E-state index in [0.29, 0.717) is 0 Å². The summed E-state index contributed by atoms with van der Waals surface area (Å²) in [6.45, 7) is 36.0. The second-order valence-electron chi connectivity index (χ2n) is 15.9. The molecule has 0 fully saturated rings. The van der Waals surface area contributed by atoms with Gasteiger partial charge in [0.2, 0.25) is 0 Å². The highest BCUT2D eigenvalue weighted by molar-refractivity contribution is 5.83. The predicted octanol–water partition coefficient (Wildman–Crippen LogP) is 23.5. The molecule has 9 heterocycles. The molecular formula is C83H107N13. The Bertz CT molecular complexity index is 2880. The molecule has 6 aromatic carbocycles. The minimum Gasteiger partial charge on any atom is -0.264 e. The monoisotopic (exact) mass is 1290 g/mol. The molecule has 0 unspecified atom stereocenters. The maximum Gasteiger partial charge on any atom is 0.119 e. The Labute approximate surface area is 576 Å². The normalized spacial score (nSPS) is 8.31. The van der Waals surface area contributed by atoms with E-state index in [1.54, 1.807) is 36.9 Å². The lowest BCUT2D eigenvalue weighted by atomic mass is 10.2. The first kappa shape index (κ1) is 89.1. The van der Waals surface area contributed by atoms with Crippen molar-refractivity contribution in [2.24, 2.45) is 0 Å². The van der Waals surface area contributed by atoms with Gasteiger partial charge in [-0.2, -0.15) is 0 Å². The van der Waals surface area contributed by atoms with Gasteiger partial charge in [0.15, 0.2) is 0 Å². The minimum atomic E-state index is 1.06. The van der Waals surface area contributed by atoms with E-state index >= 15 is 0 Å². The molecule has 0 atom stereocenters. The van der Waals surface area contributed by atoms with E-state index in [1.165, 1.54) is 80.1 Å². The zero-order valence-electron chi connectivity index (χ0n) is 60.4. The summed E-state index contributed by atoms with van der Waals surface area (Å²) >= 11 is 0. The van der Waals surface area contributed by atoms with Crippen molar-refractivity contribution in [2.45, 2.75) is 125 Å². The Morgan fingerprint density at radius 1 is 0.146 bits per heavy atom. The largest absolute Gasteiger partial charge is 0.264 e. The van der Waals surface area contributed by atoms with Gasteiger partial charge in [-0.3, -0.25) is 29.9 Å². The summed E-state index contributed by atoms with van der Waals surface area (Å²) in [5, 5.41) is 10.9. The Kier molecular flexibility index (Phi) is 64.8. The first-order valence-electron chi connectivity index (χ1n) is 33.5. The first-order chi connectivity index (χ1) is 47.8. The van der Waals surface area contributed by atoms with E-state index in [-0.39, 0.29) is 0 Å². The van der Waals surface area contributed by atoms with Gasteiger partial charge in [0.1, 0.15) is 31.6 Å². The summed E-state index contributed by atoms with van der Waals surface area (Å²) in [5.41, 5.74) is 3.18. The molecule has 15 aromatic rings. The molecule has 0 aliphatic heterocycles. The molecule has 96 heavy (non-hydrogen) atoms. The summed E-state index contributed by atoms with van der Waals surface area (Å²) in [6.07, 6.45) is 30.5. The molecule has 9 aromatic heterocycles. The molecule has 13 heteroatoms. The van der Waals surface area contributed by atoms with Crippen LogP contribution in [0.25, 0.3) is 65.0 Å². The number of nitrogens with zero attached hydrogens (tertiary/aromatic N) is 13. The van der Waals surface area contributed by atoms with E-state index in [4.69, 9.17) is 0 Å².